The zero-order valence-corrected chi connectivity index (χ0v) is 13.6. The maximum atomic E-state index is 11.8. The fraction of sp³-hybridized carbons (Fsp3) is 0.923. The van der Waals surface area contributed by atoms with E-state index in [-0.39, 0.29) is 12.6 Å². The monoisotopic (exact) mass is 306 g/mol. The highest BCUT2D eigenvalue weighted by Gasteiger charge is 2.29. The molecule has 0 aliphatic heterocycles. The van der Waals surface area contributed by atoms with Gasteiger partial charge < -0.3 is 10.1 Å². The standard InChI is InChI=1S/C13H26N2O4S/c1-13(2,3)19-12(16)14-9-10-15(20(4,17)18)11-7-5-6-8-11/h11H,5-10H2,1-4H3,(H,14,16). The first-order valence-corrected chi connectivity index (χ1v) is 8.88. The molecule has 0 aromatic carbocycles. The van der Waals surface area contributed by atoms with E-state index in [0.717, 1.165) is 25.7 Å². The van der Waals surface area contributed by atoms with Crippen LogP contribution < -0.4 is 5.32 Å². The van der Waals surface area contributed by atoms with Crippen molar-refractivity contribution in [2.45, 2.75) is 58.1 Å². The van der Waals surface area contributed by atoms with Gasteiger partial charge in [0.2, 0.25) is 10.0 Å². The molecule has 7 heteroatoms. The molecule has 1 fully saturated rings. The number of amides is 1. The van der Waals surface area contributed by atoms with E-state index in [1.165, 1.54) is 10.6 Å². The Hall–Kier alpha value is -0.820. The number of hydrogen-bond donors (Lipinski definition) is 1. The van der Waals surface area contributed by atoms with E-state index in [1.807, 2.05) is 0 Å². The lowest BCUT2D eigenvalue weighted by molar-refractivity contribution is 0.0524. The third-order valence-electron chi connectivity index (χ3n) is 3.16. The fourth-order valence-electron chi connectivity index (χ4n) is 2.39. The lowest BCUT2D eigenvalue weighted by Crippen LogP contribution is -2.44. The van der Waals surface area contributed by atoms with Gasteiger partial charge in [-0.2, -0.15) is 4.31 Å². The molecular formula is C13H26N2O4S. The van der Waals surface area contributed by atoms with Gasteiger partial charge in [-0.05, 0) is 33.6 Å². The number of nitrogens with zero attached hydrogens (tertiary/aromatic N) is 1. The van der Waals surface area contributed by atoms with Crippen LogP contribution in [0.3, 0.4) is 0 Å². The van der Waals surface area contributed by atoms with Gasteiger partial charge in [0.25, 0.3) is 0 Å². The Bertz CT molecular complexity index is 422. The molecule has 1 saturated carbocycles. The number of nitrogens with one attached hydrogen (secondary N) is 1. The van der Waals surface area contributed by atoms with Gasteiger partial charge in [-0.15, -0.1) is 0 Å². The number of sulfonamides is 1. The van der Waals surface area contributed by atoms with Crippen molar-refractivity contribution >= 4 is 16.1 Å². The lowest BCUT2D eigenvalue weighted by Gasteiger charge is -2.26. The number of carbonyl (C=O) groups excluding carboxylic acids is 1. The molecule has 0 spiro atoms. The van der Waals surface area contributed by atoms with Gasteiger partial charge >= 0.3 is 6.09 Å². The van der Waals surface area contributed by atoms with Crippen molar-refractivity contribution in [3.05, 3.63) is 0 Å². The smallest absolute Gasteiger partial charge is 0.407 e. The quantitative estimate of drug-likeness (QED) is 0.839. The SMILES string of the molecule is CC(C)(C)OC(=O)NCCN(C1CCCC1)S(C)(=O)=O. The minimum absolute atomic E-state index is 0.0745. The zero-order chi connectivity index (χ0) is 15.4. The highest BCUT2D eigenvalue weighted by atomic mass is 32.2. The first-order valence-electron chi connectivity index (χ1n) is 7.03. The van der Waals surface area contributed by atoms with E-state index in [1.54, 1.807) is 20.8 Å². The average Bonchev–Trinajstić information content (AvgIpc) is 2.72. The van der Waals surface area contributed by atoms with E-state index >= 15 is 0 Å². The van der Waals surface area contributed by atoms with Crippen LogP contribution in [-0.2, 0) is 14.8 Å². The molecular weight excluding hydrogens is 280 g/mol. The van der Waals surface area contributed by atoms with Crippen LogP contribution in [0, 0.1) is 0 Å². The molecule has 1 amide bonds. The molecule has 0 bridgehead atoms. The molecule has 0 aromatic rings. The summed E-state index contributed by atoms with van der Waals surface area (Å²) in [5, 5.41) is 2.60. The summed E-state index contributed by atoms with van der Waals surface area (Å²) in [5.74, 6) is 0. The fourth-order valence-corrected chi connectivity index (χ4v) is 3.57. The molecule has 6 nitrogen and oxygen atoms in total. The Morgan fingerprint density at radius 1 is 1.30 bits per heavy atom. The molecule has 0 radical (unpaired) electrons. The van der Waals surface area contributed by atoms with Gasteiger partial charge in [0, 0.05) is 19.1 Å². The summed E-state index contributed by atoms with van der Waals surface area (Å²) in [4.78, 5) is 11.5. The van der Waals surface area contributed by atoms with Crippen LogP contribution in [-0.4, -0.2) is 49.8 Å². The van der Waals surface area contributed by atoms with E-state index in [9.17, 15) is 13.2 Å². The molecule has 1 aliphatic carbocycles. The van der Waals surface area contributed by atoms with E-state index in [2.05, 4.69) is 5.32 Å². The number of ether oxygens (including phenoxy) is 1. The van der Waals surface area contributed by atoms with Crippen molar-refractivity contribution in [3.63, 3.8) is 0 Å². The Morgan fingerprint density at radius 2 is 1.85 bits per heavy atom. The maximum absolute atomic E-state index is 11.8. The maximum Gasteiger partial charge on any atom is 0.407 e. The normalized spacial score (nSPS) is 17.4. The highest BCUT2D eigenvalue weighted by Crippen LogP contribution is 2.24. The minimum Gasteiger partial charge on any atom is -0.444 e. The van der Waals surface area contributed by atoms with Crippen molar-refractivity contribution in [2.24, 2.45) is 0 Å². The van der Waals surface area contributed by atoms with Gasteiger partial charge in [0.05, 0.1) is 6.26 Å². The second-order valence-electron chi connectivity index (χ2n) is 6.24. The Balaban J connectivity index is 2.45. The molecule has 1 rings (SSSR count). The Labute approximate surface area is 121 Å². The van der Waals surface area contributed by atoms with Crippen molar-refractivity contribution in [1.82, 2.24) is 9.62 Å². The number of carbonyl (C=O) groups is 1. The summed E-state index contributed by atoms with van der Waals surface area (Å²) in [5.41, 5.74) is -0.550. The third kappa shape index (κ3) is 6.09. The van der Waals surface area contributed by atoms with Crippen LogP contribution in [0.1, 0.15) is 46.5 Å². The molecule has 1 aliphatic rings. The predicted molar refractivity (Wildman–Crippen MR) is 78.0 cm³/mol. The molecule has 0 atom stereocenters. The summed E-state index contributed by atoms with van der Waals surface area (Å²) >= 11 is 0. The second-order valence-corrected chi connectivity index (χ2v) is 8.18. The van der Waals surface area contributed by atoms with Crippen molar-refractivity contribution < 1.29 is 17.9 Å². The number of hydrogen-bond acceptors (Lipinski definition) is 4. The lowest BCUT2D eigenvalue weighted by atomic mass is 10.2. The summed E-state index contributed by atoms with van der Waals surface area (Å²) in [7, 11) is -3.24. The third-order valence-corrected chi connectivity index (χ3v) is 4.49. The van der Waals surface area contributed by atoms with Crippen molar-refractivity contribution in [1.29, 1.82) is 0 Å². The molecule has 1 N–H and O–H groups in total. The van der Waals surface area contributed by atoms with Crippen LogP contribution in [0.2, 0.25) is 0 Å². The van der Waals surface area contributed by atoms with E-state index in [4.69, 9.17) is 4.74 Å². The number of rotatable bonds is 5. The number of alkyl carbamates (subject to hydrolysis) is 1. The molecule has 0 aromatic heterocycles. The summed E-state index contributed by atoms with van der Waals surface area (Å²) in [6, 6.07) is 0.0745. The Morgan fingerprint density at radius 3 is 2.30 bits per heavy atom. The van der Waals surface area contributed by atoms with Crippen molar-refractivity contribution in [3.8, 4) is 0 Å². The molecule has 0 heterocycles. The van der Waals surface area contributed by atoms with E-state index < -0.39 is 21.7 Å². The van der Waals surface area contributed by atoms with Crippen LogP contribution in [0.15, 0.2) is 0 Å². The average molecular weight is 306 g/mol. The van der Waals surface area contributed by atoms with Crippen molar-refractivity contribution in [2.75, 3.05) is 19.3 Å². The van der Waals surface area contributed by atoms with Gasteiger partial charge in [-0.3, -0.25) is 0 Å². The molecule has 118 valence electrons. The van der Waals surface area contributed by atoms with E-state index in [0.29, 0.717) is 6.54 Å². The topological polar surface area (TPSA) is 75.7 Å². The van der Waals surface area contributed by atoms with Crippen LogP contribution >= 0.6 is 0 Å². The van der Waals surface area contributed by atoms with Gasteiger partial charge in [0.1, 0.15) is 5.60 Å². The second kappa shape index (κ2) is 6.76. The van der Waals surface area contributed by atoms with Crippen LogP contribution in [0.5, 0.6) is 0 Å². The first-order chi connectivity index (χ1) is 9.09. The highest BCUT2D eigenvalue weighted by molar-refractivity contribution is 7.88. The summed E-state index contributed by atoms with van der Waals surface area (Å²) in [6.07, 6.45) is 4.64. The molecule has 0 saturated heterocycles. The van der Waals surface area contributed by atoms with Gasteiger partial charge in [-0.1, -0.05) is 12.8 Å². The van der Waals surface area contributed by atoms with Crippen LogP contribution in [0.4, 0.5) is 4.79 Å². The summed E-state index contributed by atoms with van der Waals surface area (Å²) in [6.45, 7) is 5.91. The van der Waals surface area contributed by atoms with Gasteiger partial charge in [0.15, 0.2) is 0 Å². The largest absolute Gasteiger partial charge is 0.444 e. The minimum atomic E-state index is -3.24. The zero-order valence-electron chi connectivity index (χ0n) is 12.8. The molecule has 20 heavy (non-hydrogen) atoms. The predicted octanol–water partition coefficient (Wildman–Crippen LogP) is 1.72. The summed E-state index contributed by atoms with van der Waals surface area (Å²) < 4.78 is 30.2. The van der Waals surface area contributed by atoms with Gasteiger partial charge in [-0.25, -0.2) is 13.2 Å². The molecule has 0 unspecified atom stereocenters. The Kier molecular flexibility index (Phi) is 5.82. The van der Waals surface area contributed by atoms with Crippen LogP contribution in [0.25, 0.3) is 0 Å². The first kappa shape index (κ1) is 17.2.